The van der Waals surface area contributed by atoms with Crippen LogP contribution in [0.5, 0.6) is 0 Å². The van der Waals surface area contributed by atoms with Crippen molar-refractivity contribution in [3.05, 3.63) is 0 Å². The Morgan fingerprint density at radius 3 is 2.42 bits per heavy atom. The van der Waals surface area contributed by atoms with Gasteiger partial charge in [-0.3, -0.25) is 9.80 Å². The number of methoxy groups -OCH3 is 1. The summed E-state index contributed by atoms with van der Waals surface area (Å²) >= 11 is 0. The van der Waals surface area contributed by atoms with E-state index in [2.05, 4.69) is 9.80 Å². The molecule has 2 saturated carbocycles. The van der Waals surface area contributed by atoms with Gasteiger partial charge in [-0.05, 0) is 25.7 Å². The molecule has 0 bridgehead atoms. The molecule has 2 unspecified atom stereocenters. The van der Waals surface area contributed by atoms with Gasteiger partial charge in [0, 0.05) is 45.9 Å². The molecule has 3 rings (SSSR count). The van der Waals surface area contributed by atoms with Crippen LogP contribution in [0.1, 0.15) is 38.5 Å². The molecular formula is C15H29N3O. The summed E-state index contributed by atoms with van der Waals surface area (Å²) < 4.78 is 5.80. The van der Waals surface area contributed by atoms with E-state index in [-0.39, 0.29) is 5.54 Å². The average molecular weight is 267 g/mol. The van der Waals surface area contributed by atoms with Gasteiger partial charge in [-0.1, -0.05) is 12.8 Å². The fourth-order valence-corrected chi connectivity index (χ4v) is 4.22. The Labute approximate surface area is 117 Å². The summed E-state index contributed by atoms with van der Waals surface area (Å²) in [4.78, 5) is 5.32. The molecule has 19 heavy (non-hydrogen) atoms. The molecule has 1 saturated heterocycles. The minimum atomic E-state index is 0.114. The van der Waals surface area contributed by atoms with Gasteiger partial charge in [-0.2, -0.15) is 0 Å². The third kappa shape index (κ3) is 2.56. The van der Waals surface area contributed by atoms with Gasteiger partial charge in [0.2, 0.25) is 0 Å². The summed E-state index contributed by atoms with van der Waals surface area (Å²) in [5, 5.41) is 0. The lowest BCUT2D eigenvalue weighted by atomic mass is 9.77. The maximum Gasteiger partial charge on any atom is 0.0767 e. The zero-order valence-corrected chi connectivity index (χ0v) is 12.3. The van der Waals surface area contributed by atoms with Crippen molar-refractivity contribution in [2.24, 2.45) is 5.73 Å². The number of hydrogen-bond acceptors (Lipinski definition) is 4. The quantitative estimate of drug-likeness (QED) is 0.827. The molecule has 0 aromatic rings. The van der Waals surface area contributed by atoms with Gasteiger partial charge in [0.15, 0.2) is 0 Å². The van der Waals surface area contributed by atoms with Crippen LogP contribution in [-0.4, -0.2) is 67.3 Å². The molecule has 2 N–H and O–H groups in total. The monoisotopic (exact) mass is 267 g/mol. The van der Waals surface area contributed by atoms with Crippen LogP contribution in [0, 0.1) is 0 Å². The molecule has 2 atom stereocenters. The van der Waals surface area contributed by atoms with Crippen LogP contribution in [0.25, 0.3) is 0 Å². The highest BCUT2D eigenvalue weighted by atomic mass is 16.5. The second-order valence-electron chi connectivity index (χ2n) is 6.53. The summed E-state index contributed by atoms with van der Waals surface area (Å²) in [6.07, 6.45) is 8.16. The molecule has 4 heteroatoms. The summed E-state index contributed by atoms with van der Waals surface area (Å²) in [7, 11) is 1.86. The number of ether oxygens (including phenoxy) is 1. The van der Waals surface area contributed by atoms with Crippen LogP contribution < -0.4 is 5.73 Å². The van der Waals surface area contributed by atoms with Gasteiger partial charge in [0.25, 0.3) is 0 Å². The van der Waals surface area contributed by atoms with Crippen LogP contribution in [0.4, 0.5) is 0 Å². The van der Waals surface area contributed by atoms with Crippen LogP contribution in [0.2, 0.25) is 0 Å². The summed E-state index contributed by atoms with van der Waals surface area (Å²) in [6.45, 7) is 5.54. The lowest BCUT2D eigenvalue weighted by Gasteiger charge is -2.52. The predicted molar refractivity (Wildman–Crippen MR) is 77.2 cm³/mol. The average Bonchev–Trinajstić information content (AvgIpc) is 3.32. The number of nitrogens with two attached hydrogens (primary N) is 1. The van der Waals surface area contributed by atoms with E-state index in [0.29, 0.717) is 6.10 Å². The van der Waals surface area contributed by atoms with Crippen molar-refractivity contribution in [1.82, 2.24) is 9.80 Å². The largest absolute Gasteiger partial charge is 0.379 e. The smallest absolute Gasteiger partial charge is 0.0767 e. The van der Waals surface area contributed by atoms with E-state index in [1.54, 1.807) is 0 Å². The second-order valence-corrected chi connectivity index (χ2v) is 6.53. The second kappa shape index (κ2) is 5.68. The molecule has 0 amide bonds. The zero-order chi connectivity index (χ0) is 13.3. The highest BCUT2D eigenvalue weighted by Gasteiger charge is 2.46. The first-order valence-corrected chi connectivity index (χ1v) is 8.02. The van der Waals surface area contributed by atoms with Crippen LogP contribution in [-0.2, 0) is 4.74 Å². The van der Waals surface area contributed by atoms with Crippen LogP contribution in [0.3, 0.4) is 0 Å². The minimum absolute atomic E-state index is 0.114. The van der Waals surface area contributed by atoms with Crippen molar-refractivity contribution < 1.29 is 4.74 Å². The maximum absolute atomic E-state index is 6.21. The highest BCUT2D eigenvalue weighted by molar-refractivity contribution is 5.03. The van der Waals surface area contributed by atoms with Crippen molar-refractivity contribution in [1.29, 1.82) is 0 Å². The Morgan fingerprint density at radius 1 is 1.11 bits per heavy atom. The van der Waals surface area contributed by atoms with E-state index in [4.69, 9.17) is 10.5 Å². The zero-order valence-electron chi connectivity index (χ0n) is 12.3. The van der Waals surface area contributed by atoms with Gasteiger partial charge in [-0.25, -0.2) is 0 Å². The van der Waals surface area contributed by atoms with Crippen molar-refractivity contribution in [2.45, 2.75) is 56.2 Å². The summed E-state index contributed by atoms with van der Waals surface area (Å²) in [5.41, 5.74) is 6.32. The Kier molecular flexibility index (Phi) is 4.13. The molecule has 110 valence electrons. The lowest BCUT2D eigenvalue weighted by molar-refractivity contribution is -0.0892. The normalized spacial score (nSPS) is 38.5. The van der Waals surface area contributed by atoms with E-state index in [1.807, 2.05) is 7.11 Å². The maximum atomic E-state index is 6.21. The van der Waals surface area contributed by atoms with Gasteiger partial charge < -0.3 is 10.5 Å². The third-order valence-corrected chi connectivity index (χ3v) is 5.57. The van der Waals surface area contributed by atoms with Gasteiger partial charge in [-0.15, -0.1) is 0 Å². The van der Waals surface area contributed by atoms with Crippen LogP contribution in [0.15, 0.2) is 0 Å². The lowest BCUT2D eigenvalue weighted by Crippen LogP contribution is -2.66. The minimum Gasteiger partial charge on any atom is -0.379 e. The molecule has 3 fully saturated rings. The first kappa shape index (κ1) is 13.8. The first-order valence-electron chi connectivity index (χ1n) is 8.02. The molecule has 0 spiro atoms. The molecule has 3 aliphatic rings. The molecular weight excluding hydrogens is 238 g/mol. The van der Waals surface area contributed by atoms with Crippen molar-refractivity contribution in [3.63, 3.8) is 0 Å². The number of nitrogens with zero attached hydrogens (tertiary/aromatic N) is 2. The Balaban J connectivity index is 1.67. The number of hydrogen-bond donors (Lipinski definition) is 1. The van der Waals surface area contributed by atoms with Crippen LogP contribution >= 0.6 is 0 Å². The fourth-order valence-electron chi connectivity index (χ4n) is 4.22. The first-order chi connectivity index (χ1) is 9.30. The van der Waals surface area contributed by atoms with Crippen molar-refractivity contribution >= 4 is 0 Å². The Hall–Kier alpha value is -0.160. The van der Waals surface area contributed by atoms with E-state index in [9.17, 15) is 0 Å². The summed E-state index contributed by atoms with van der Waals surface area (Å²) in [5.74, 6) is 0. The molecule has 1 heterocycles. The van der Waals surface area contributed by atoms with Gasteiger partial charge in [0.05, 0.1) is 11.6 Å². The van der Waals surface area contributed by atoms with Crippen molar-refractivity contribution in [3.8, 4) is 0 Å². The highest BCUT2D eigenvalue weighted by Crippen LogP contribution is 2.36. The predicted octanol–water partition coefficient (Wildman–Crippen LogP) is 1.05. The molecule has 0 aromatic carbocycles. The van der Waals surface area contributed by atoms with E-state index < -0.39 is 0 Å². The third-order valence-electron chi connectivity index (χ3n) is 5.57. The Morgan fingerprint density at radius 2 is 1.84 bits per heavy atom. The van der Waals surface area contributed by atoms with Crippen molar-refractivity contribution in [2.75, 3.05) is 39.8 Å². The molecule has 0 radical (unpaired) electrons. The fraction of sp³-hybridized carbons (Fsp3) is 1.00. The van der Waals surface area contributed by atoms with Gasteiger partial charge in [0.1, 0.15) is 0 Å². The number of rotatable bonds is 4. The summed E-state index contributed by atoms with van der Waals surface area (Å²) in [6, 6.07) is 0.903. The molecule has 0 aromatic heterocycles. The standard InChI is InChI=1S/C15H29N3O/c1-19-14-4-2-3-7-15(14,12-16)18-10-8-17(9-11-18)13-5-6-13/h13-14H,2-12,16H2,1H3. The molecule has 4 nitrogen and oxygen atoms in total. The molecule has 2 aliphatic carbocycles. The van der Waals surface area contributed by atoms with Gasteiger partial charge >= 0.3 is 0 Å². The number of piperazine rings is 1. The topological polar surface area (TPSA) is 41.7 Å². The van der Waals surface area contributed by atoms with E-state index >= 15 is 0 Å². The van der Waals surface area contributed by atoms with E-state index in [1.165, 1.54) is 64.7 Å². The Bertz CT molecular complexity index is 300. The molecule has 1 aliphatic heterocycles. The SMILES string of the molecule is COC1CCCCC1(CN)N1CCN(C2CC2)CC1. The van der Waals surface area contributed by atoms with E-state index in [0.717, 1.165) is 12.6 Å².